The topological polar surface area (TPSA) is 314 Å². The standard InChI is InChI=1S/C28H33N3O4S.C22H25IN3O3S.C20H27N3O2S.C7H12O2/c32-25(27-31-22-15-7-8-17-24(22)36-27)23(30-26(33)21-13-5-2-6-14-21)16-9-10-18-29-28(34)35-19-20-11-3-1-4-12-20;24-23-14-17(20(27)21-26-18-11-4-5-12-19(18)30-21)10-6-7-13-25-22(28)29-15-16-8-2-1-3-9-16;21-13-7-6-11-16(22-19(25)14-8-2-1-3-9-14)18(24)20-23-15-10-4-5-12-17(15)26-20;8-7(9)6-4-2-1-3-5-6/h1,3-4,7-8,11-12,15,17,21,23H,2,5-6,9-10,13-14,16,18-19H2,(H,29,34)(H,30,33);1-5,8-9,11-12,17H,6-7,10,13-15,24H2,(H,25,28);4-5,10,12,14,16H,1-3,6-9,11,13,21H2,(H,22,25);6H,1-5H2,(H,8,9)/q;-1;;/t23-;17-;16-;/m010./s1. The largest absolute Gasteiger partial charge is 0.481 e. The van der Waals surface area contributed by atoms with Gasteiger partial charge in [0, 0.05) is 18.4 Å². The number of ether oxygens (including phenoxy) is 2. The molecule has 3 aliphatic rings. The molecular weight excluding hydrogens is 1450 g/mol. The number of carboxylic acid groups (broad SMARTS) is 1. The number of benzene rings is 5. The number of hydrogen-bond donors (Lipinski definition) is 7. The minimum absolute atomic E-state index is 0.0227. The van der Waals surface area contributed by atoms with Crippen LogP contribution >= 0.6 is 34.0 Å². The molecule has 3 aromatic heterocycles. The summed E-state index contributed by atoms with van der Waals surface area (Å²) < 4.78 is 20.0. The fraction of sp³-hybridized carbons (Fsp3) is 0.468. The third-order valence-corrected chi connectivity index (χ3v) is 22.9. The number of carbonyl (C=O) groups is 8. The maximum Gasteiger partial charge on any atom is 0.407 e. The third kappa shape index (κ3) is 26.9. The van der Waals surface area contributed by atoms with Crippen LogP contribution in [0.25, 0.3) is 30.6 Å². The van der Waals surface area contributed by atoms with Crippen LogP contribution in [0.3, 0.4) is 0 Å². The van der Waals surface area contributed by atoms with Gasteiger partial charge in [-0.1, -0.05) is 131 Å². The molecule has 0 aliphatic heterocycles. The van der Waals surface area contributed by atoms with Gasteiger partial charge in [-0.3, -0.25) is 24.0 Å². The molecule has 0 radical (unpaired) electrons. The zero-order valence-corrected chi connectivity index (χ0v) is 62.1. The fourth-order valence-corrected chi connectivity index (χ4v) is 16.8. The summed E-state index contributed by atoms with van der Waals surface area (Å²) in [6.45, 7) is 2.03. The van der Waals surface area contributed by atoms with Gasteiger partial charge < -0.3 is 31.5 Å². The summed E-state index contributed by atoms with van der Waals surface area (Å²) in [7, 11) is 0. The molecule has 3 heterocycles. The zero-order chi connectivity index (χ0) is 71.4. The van der Waals surface area contributed by atoms with Gasteiger partial charge in [0.2, 0.25) is 23.4 Å². The summed E-state index contributed by atoms with van der Waals surface area (Å²) in [4.78, 5) is 112. The second-order valence-corrected chi connectivity index (χ2v) is 30.6. The van der Waals surface area contributed by atoms with Crippen molar-refractivity contribution in [2.24, 2.45) is 33.4 Å². The Balaban J connectivity index is 0.000000183. The maximum atomic E-state index is 13.4. The minimum Gasteiger partial charge on any atom is -0.481 e. The molecule has 3 fully saturated rings. The third-order valence-electron chi connectivity index (χ3n) is 18.1. The average molecular weight is 1550 g/mol. The number of Topliss-reactive ketones (excluding diaryl/α,β-unsaturated/α-hetero) is 3. The number of nitrogens with zero attached hydrogens (tertiary/aromatic N) is 3. The average Bonchev–Trinajstić information content (AvgIpc) is 1.70. The van der Waals surface area contributed by atoms with Crippen LogP contribution in [0.4, 0.5) is 9.59 Å². The molecular formula is C77H97IN9O11S3-. The number of halogens is 1. The molecule has 9 N–H and O–H groups in total. The van der Waals surface area contributed by atoms with Gasteiger partial charge >= 0.3 is 185 Å². The van der Waals surface area contributed by atoms with Crippen molar-refractivity contribution in [3.8, 4) is 0 Å². The van der Waals surface area contributed by atoms with Crippen molar-refractivity contribution in [1.82, 2.24) is 36.2 Å². The number of amides is 4. The van der Waals surface area contributed by atoms with Gasteiger partial charge in [-0.2, -0.15) is 0 Å². The molecule has 3 aliphatic carbocycles. The first-order valence-electron chi connectivity index (χ1n) is 35.7. The summed E-state index contributed by atoms with van der Waals surface area (Å²) in [5, 5.41) is 21.6. The fourth-order valence-electron chi connectivity index (χ4n) is 12.4. The Labute approximate surface area is 614 Å². The van der Waals surface area contributed by atoms with Crippen LogP contribution in [0.2, 0.25) is 0 Å². The normalized spacial score (nSPS) is 15.0. The number of carbonyl (C=O) groups excluding carboxylic acids is 7. The van der Waals surface area contributed by atoms with E-state index >= 15 is 0 Å². The zero-order valence-electron chi connectivity index (χ0n) is 57.5. The number of fused-ring (bicyclic) bond motifs is 3. The predicted octanol–water partition coefficient (Wildman–Crippen LogP) is 12.1. The maximum absolute atomic E-state index is 13.4. The minimum atomic E-state index is -0.620. The first-order valence-corrected chi connectivity index (χ1v) is 40.9. The summed E-state index contributed by atoms with van der Waals surface area (Å²) >= 11 is 3.73. The molecule has 24 heteroatoms. The number of carboxylic acids is 1. The van der Waals surface area contributed by atoms with Crippen LogP contribution < -0.4 is 52.4 Å². The molecule has 4 amide bonds. The molecule has 5 aromatic carbocycles. The van der Waals surface area contributed by atoms with Crippen molar-refractivity contribution in [3.63, 3.8) is 0 Å². The Hall–Kier alpha value is -7.62. The predicted molar refractivity (Wildman–Crippen MR) is 395 cm³/mol. The monoisotopic (exact) mass is 1550 g/mol. The number of aromatic nitrogens is 3. The van der Waals surface area contributed by atoms with Crippen molar-refractivity contribution in [2.75, 3.05) is 24.1 Å². The van der Waals surface area contributed by atoms with E-state index in [1.54, 1.807) is 0 Å². The molecule has 0 spiro atoms. The Kier molecular flexibility index (Phi) is 34.5. The number of para-hydroxylation sites is 3. The molecule has 0 unspecified atom stereocenters. The number of nitrogens with one attached hydrogen (secondary N) is 4. The smallest absolute Gasteiger partial charge is 0.407 e. The Morgan fingerprint density at radius 2 is 0.812 bits per heavy atom. The van der Waals surface area contributed by atoms with Crippen molar-refractivity contribution >= 4 is 112 Å². The van der Waals surface area contributed by atoms with Gasteiger partial charge in [-0.05, 0) is 113 Å². The number of nitrogens with two attached hydrogens (primary N) is 2. The second-order valence-electron chi connectivity index (χ2n) is 25.8. The first kappa shape index (κ1) is 79.1. The molecule has 8 aromatic rings. The van der Waals surface area contributed by atoms with Gasteiger partial charge in [-0.25, -0.2) is 14.8 Å². The van der Waals surface area contributed by atoms with E-state index in [2.05, 4.69) is 36.2 Å². The van der Waals surface area contributed by atoms with E-state index in [0.29, 0.717) is 60.3 Å². The number of unbranched alkanes of at least 4 members (excludes halogenated alkanes) is 3. The van der Waals surface area contributed by atoms with Gasteiger partial charge in [0.25, 0.3) is 0 Å². The quantitative estimate of drug-likeness (QED) is 0.00698. The molecule has 3 saturated carbocycles. The van der Waals surface area contributed by atoms with Crippen molar-refractivity contribution in [3.05, 3.63) is 160 Å². The van der Waals surface area contributed by atoms with Gasteiger partial charge in [0.05, 0.1) is 38.4 Å². The van der Waals surface area contributed by atoms with E-state index in [4.69, 9.17) is 24.3 Å². The van der Waals surface area contributed by atoms with Crippen molar-refractivity contribution < 1.29 is 74.4 Å². The summed E-state index contributed by atoms with van der Waals surface area (Å²) in [6.07, 6.45) is 21.1. The molecule has 0 bridgehead atoms. The van der Waals surface area contributed by atoms with E-state index in [1.165, 1.54) is 53.3 Å². The molecule has 20 nitrogen and oxygen atoms in total. The van der Waals surface area contributed by atoms with Crippen LogP contribution in [0.15, 0.2) is 133 Å². The molecule has 101 heavy (non-hydrogen) atoms. The number of thiazole rings is 3. The molecule has 11 rings (SSSR count). The van der Waals surface area contributed by atoms with E-state index < -0.39 is 51.7 Å². The second kappa shape index (κ2) is 44.0. The number of ketones is 3. The van der Waals surface area contributed by atoms with Crippen LogP contribution in [0.1, 0.15) is 195 Å². The van der Waals surface area contributed by atoms with E-state index in [-0.39, 0.29) is 66.0 Å². The Bertz CT molecular complexity index is 3780. The van der Waals surface area contributed by atoms with Crippen LogP contribution in [-0.4, -0.2) is 104 Å². The molecule has 0 saturated heterocycles. The first-order chi connectivity index (χ1) is 49.3. The number of aliphatic carboxylic acids is 1. The van der Waals surface area contributed by atoms with Crippen LogP contribution in [0.5, 0.6) is 0 Å². The summed E-state index contributed by atoms with van der Waals surface area (Å²) in [5.74, 6) is -0.829. The van der Waals surface area contributed by atoms with E-state index in [0.717, 1.165) is 155 Å². The van der Waals surface area contributed by atoms with E-state index in [9.17, 15) is 38.4 Å². The Morgan fingerprint density at radius 3 is 1.18 bits per heavy atom. The SMILES string of the molecule is NCCCC[C@H](NC(=O)C1CCCCC1)C(=O)c1nc2ccccc2s1.N[I-]C[C@@H](CCCCNC(=O)OCc1ccccc1)C(=O)c1nc2ccccc2s1.O=C(NCCCC[C@H](NC(=O)C1CCCCC1)C(=O)c1nc2ccccc2s1)OCc1ccccc1.O=C(O)C1CCCCC1. The van der Waals surface area contributed by atoms with Crippen LogP contribution in [0, 0.1) is 23.7 Å². The van der Waals surface area contributed by atoms with Crippen LogP contribution in [-0.2, 0) is 37.1 Å². The number of hydrogen-bond acceptors (Lipinski definition) is 18. The molecule has 3 atom stereocenters. The van der Waals surface area contributed by atoms with Gasteiger partial charge in [-0.15, -0.1) is 22.7 Å². The Morgan fingerprint density at radius 1 is 0.455 bits per heavy atom. The van der Waals surface area contributed by atoms with Crippen molar-refractivity contribution in [2.45, 2.75) is 179 Å². The summed E-state index contributed by atoms with van der Waals surface area (Å²) in [5.41, 5.74) is 9.96. The van der Waals surface area contributed by atoms with Crippen molar-refractivity contribution in [1.29, 1.82) is 0 Å². The summed E-state index contributed by atoms with van der Waals surface area (Å²) in [6, 6.07) is 41.1. The molecule has 542 valence electrons. The number of alkyl carbamates (subject to hydrolysis) is 2. The van der Waals surface area contributed by atoms with Gasteiger partial charge in [0.15, 0.2) is 10.0 Å². The van der Waals surface area contributed by atoms with E-state index in [1.807, 2.05) is 133 Å². The number of alkyl halides is 1. The number of rotatable bonds is 31. The van der Waals surface area contributed by atoms with Gasteiger partial charge in [0.1, 0.15) is 6.61 Å².